The molecular formula is C14H16N4S. The molecule has 5 heteroatoms. The van der Waals surface area contributed by atoms with Crippen LogP contribution in [0.2, 0.25) is 0 Å². The molecule has 1 aromatic carbocycles. The molecule has 0 saturated carbocycles. The number of fused-ring (bicyclic) bond motifs is 1. The minimum Gasteiger partial charge on any atom is -0.369 e. The number of hydrogen-bond donors (Lipinski definition) is 1. The van der Waals surface area contributed by atoms with Gasteiger partial charge in [-0.15, -0.1) is 11.3 Å². The fourth-order valence-corrected chi connectivity index (χ4v) is 3.03. The molecule has 0 unspecified atom stereocenters. The summed E-state index contributed by atoms with van der Waals surface area (Å²) in [5.74, 6) is 0.581. The summed E-state index contributed by atoms with van der Waals surface area (Å²) < 4.78 is 2.07. The molecule has 0 radical (unpaired) electrons. The van der Waals surface area contributed by atoms with Crippen LogP contribution in [0, 0.1) is 13.8 Å². The summed E-state index contributed by atoms with van der Waals surface area (Å²) in [5, 5.41) is 3.22. The highest BCUT2D eigenvalue weighted by atomic mass is 32.1. The zero-order valence-electron chi connectivity index (χ0n) is 11.1. The summed E-state index contributed by atoms with van der Waals surface area (Å²) in [5.41, 5.74) is 10.4. The number of anilines is 1. The first-order chi connectivity index (χ1) is 9.15. The Bertz CT molecular complexity index is 726. The predicted octanol–water partition coefficient (Wildman–Crippen LogP) is 2.93. The molecular weight excluding hydrogens is 256 g/mol. The molecule has 0 aliphatic heterocycles. The van der Waals surface area contributed by atoms with Gasteiger partial charge in [-0.25, -0.2) is 9.97 Å². The highest BCUT2D eigenvalue weighted by Crippen LogP contribution is 2.21. The smallest absolute Gasteiger partial charge is 0.201 e. The van der Waals surface area contributed by atoms with E-state index in [0.29, 0.717) is 5.95 Å². The van der Waals surface area contributed by atoms with Gasteiger partial charge in [0.2, 0.25) is 5.95 Å². The summed E-state index contributed by atoms with van der Waals surface area (Å²) in [7, 11) is 0. The molecule has 2 N–H and O–H groups in total. The summed E-state index contributed by atoms with van der Waals surface area (Å²) in [6.45, 7) is 4.90. The largest absolute Gasteiger partial charge is 0.369 e. The van der Waals surface area contributed by atoms with Crippen molar-refractivity contribution in [1.82, 2.24) is 14.5 Å². The van der Waals surface area contributed by atoms with E-state index in [1.165, 1.54) is 0 Å². The number of benzene rings is 1. The minimum atomic E-state index is 0.581. The number of nitrogens with zero attached hydrogens (tertiary/aromatic N) is 3. The second kappa shape index (κ2) is 4.66. The SMILES string of the molecule is Cc1csc(CCn2c(N)nc3c(C)cccc32)n1. The Labute approximate surface area is 115 Å². The van der Waals surface area contributed by atoms with E-state index in [-0.39, 0.29) is 0 Å². The lowest BCUT2D eigenvalue weighted by Crippen LogP contribution is -2.05. The Hall–Kier alpha value is -1.88. The maximum absolute atomic E-state index is 6.03. The van der Waals surface area contributed by atoms with Crippen LogP contribution in [0.25, 0.3) is 11.0 Å². The summed E-state index contributed by atoms with van der Waals surface area (Å²) in [6.07, 6.45) is 0.891. The Kier molecular flexibility index (Phi) is 2.98. The number of nitrogens with two attached hydrogens (primary N) is 1. The molecule has 0 atom stereocenters. The highest BCUT2D eigenvalue weighted by Gasteiger charge is 2.10. The Balaban J connectivity index is 1.92. The van der Waals surface area contributed by atoms with Gasteiger partial charge in [0.05, 0.1) is 16.0 Å². The van der Waals surface area contributed by atoms with E-state index in [1.807, 2.05) is 13.0 Å². The van der Waals surface area contributed by atoms with Crippen LogP contribution >= 0.6 is 11.3 Å². The van der Waals surface area contributed by atoms with Gasteiger partial charge in [-0.05, 0) is 25.5 Å². The molecule has 0 spiro atoms. The third-order valence-electron chi connectivity index (χ3n) is 3.23. The van der Waals surface area contributed by atoms with E-state index in [2.05, 4.69) is 39.0 Å². The van der Waals surface area contributed by atoms with E-state index < -0.39 is 0 Å². The van der Waals surface area contributed by atoms with Gasteiger partial charge in [0, 0.05) is 24.0 Å². The average Bonchev–Trinajstić information content (AvgIpc) is 2.92. The lowest BCUT2D eigenvalue weighted by molar-refractivity contribution is 0.721. The number of imidazole rings is 1. The lowest BCUT2D eigenvalue weighted by atomic mass is 10.2. The van der Waals surface area contributed by atoms with Gasteiger partial charge >= 0.3 is 0 Å². The topological polar surface area (TPSA) is 56.7 Å². The van der Waals surface area contributed by atoms with E-state index in [1.54, 1.807) is 11.3 Å². The van der Waals surface area contributed by atoms with Gasteiger partial charge in [0.25, 0.3) is 0 Å². The molecule has 0 aliphatic rings. The van der Waals surface area contributed by atoms with Crippen LogP contribution in [-0.4, -0.2) is 14.5 Å². The third kappa shape index (κ3) is 2.21. The number of nitrogen functional groups attached to an aromatic ring is 1. The fourth-order valence-electron chi connectivity index (χ4n) is 2.27. The number of aryl methyl sites for hydroxylation is 4. The molecule has 19 heavy (non-hydrogen) atoms. The molecule has 3 aromatic rings. The molecule has 0 bridgehead atoms. The normalized spacial score (nSPS) is 11.3. The van der Waals surface area contributed by atoms with Gasteiger partial charge in [-0.3, -0.25) is 0 Å². The van der Waals surface area contributed by atoms with Crippen LogP contribution in [0.1, 0.15) is 16.3 Å². The Morgan fingerprint density at radius 2 is 2.11 bits per heavy atom. The van der Waals surface area contributed by atoms with Crippen molar-refractivity contribution >= 4 is 28.3 Å². The van der Waals surface area contributed by atoms with Crippen molar-refractivity contribution in [3.05, 3.63) is 39.8 Å². The Morgan fingerprint density at radius 1 is 1.26 bits per heavy atom. The summed E-state index contributed by atoms with van der Waals surface area (Å²) in [6, 6.07) is 6.17. The number of hydrogen-bond acceptors (Lipinski definition) is 4. The van der Waals surface area contributed by atoms with Crippen molar-refractivity contribution in [2.24, 2.45) is 0 Å². The summed E-state index contributed by atoms with van der Waals surface area (Å²) >= 11 is 1.70. The first-order valence-electron chi connectivity index (χ1n) is 6.27. The predicted molar refractivity (Wildman–Crippen MR) is 79.4 cm³/mol. The maximum Gasteiger partial charge on any atom is 0.201 e. The van der Waals surface area contributed by atoms with Gasteiger partial charge in [-0.2, -0.15) is 0 Å². The molecule has 4 nitrogen and oxygen atoms in total. The third-order valence-corrected chi connectivity index (χ3v) is 4.25. The number of para-hydroxylation sites is 1. The molecule has 3 rings (SSSR count). The number of aromatic nitrogens is 3. The van der Waals surface area contributed by atoms with Crippen molar-refractivity contribution in [3.63, 3.8) is 0 Å². The molecule has 2 aromatic heterocycles. The van der Waals surface area contributed by atoms with E-state index in [9.17, 15) is 0 Å². The van der Waals surface area contributed by atoms with Crippen LogP contribution in [-0.2, 0) is 13.0 Å². The fraction of sp³-hybridized carbons (Fsp3) is 0.286. The zero-order valence-corrected chi connectivity index (χ0v) is 11.9. The highest BCUT2D eigenvalue weighted by molar-refractivity contribution is 7.09. The van der Waals surface area contributed by atoms with Crippen LogP contribution in [0.3, 0.4) is 0 Å². The van der Waals surface area contributed by atoms with Gasteiger partial charge < -0.3 is 10.3 Å². The number of thiazole rings is 1. The standard InChI is InChI=1S/C14H16N4S/c1-9-4-3-5-11-13(9)17-14(15)18(11)7-6-12-16-10(2)8-19-12/h3-5,8H,6-7H2,1-2H3,(H2,15,17). The molecule has 98 valence electrons. The first kappa shape index (κ1) is 12.2. The zero-order chi connectivity index (χ0) is 13.4. The van der Waals surface area contributed by atoms with Crippen molar-refractivity contribution in [3.8, 4) is 0 Å². The molecule has 2 heterocycles. The quantitative estimate of drug-likeness (QED) is 0.797. The van der Waals surface area contributed by atoms with Gasteiger partial charge in [-0.1, -0.05) is 12.1 Å². The first-order valence-corrected chi connectivity index (χ1v) is 7.15. The van der Waals surface area contributed by atoms with E-state index in [0.717, 1.165) is 40.3 Å². The number of rotatable bonds is 3. The molecule has 0 saturated heterocycles. The lowest BCUT2D eigenvalue weighted by Gasteiger charge is -2.05. The van der Waals surface area contributed by atoms with Gasteiger partial charge in [0.1, 0.15) is 0 Å². The van der Waals surface area contributed by atoms with Crippen LogP contribution in [0.15, 0.2) is 23.6 Å². The van der Waals surface area contributed by atoms with Crippen LogP contribution < -0.4 is 5.73 Å². The van der Waals surface area contributed by atoms with E-state index >= 15 is 0 Å². The Morgan fingerprint density at radius 3 is 2.84 bits per heavy atom. The molecule has 0 amide bonds. The average molecular weight is 272 g/mol. The molecule has 0 aliphatic carbocycles. The van der Waals surface area contributed by atoms with Gasteiger partial charge in [0.15, 0.2) is 0 Å². The second-order valence-electron chi connectivity index (χ2n) is 4.70. The minimum absolute atomic E-state index is 0.581. The summed E-state index contributed by atoms with van der Waals surface area (Å²) in [4.78, 5) is 8.94. The van der Waals surface area contributed by atoms with Crippen LogP contribution in [0.5, 0.6) is 0 Å². The van der Waals surface area contributed by atoms with Crippen LogP contribution in [0.4, 0.5) is 5.95 Å². The van der Waals surface area contributed by atoms with Crippen molar-refractivity contribution < 1.29 is 0 Å². The van der Waals surface area contributed by atoms with Crippen molar-refractivity contribution in [2.45, 2.75) is 26.8 Å². The molecule has 0 fully saturated rings. The second-order valence-corrected chi connectivity index (χ2v) is 5.64. The van der Waals surface area contributed by atoms with Crippen molar-refractivity contribution in [2.75, 3.05) is 5.73 Å². The maximum atomic E-state index is 6.03. The van der Waals surface area contributed by atoms with E-state index in [4.69, 9.17) is 5.73 Å². The monoisotopic (exact) mass is 272 g/mol. The van der Waals surface area contributed by atoms with Crippen molar-refractivity contribution in [1.29, 1.82) is 0 Å².